The van der Waals surface area contributed by atoms with Gasteiger partial charge in [-0.1, -0.05) is 11.6 Å². The van der Waals surface area contributed by atoms with Gasteiger partial charge >= 0.3 is 0 Å². The van der Waals surface area contributed by atoms with E-state index < -0.39 is 0 Å². The van der Waals surface area contributed by atoms with Crippen LogP contribution in [0.3, 0.4) is 0 Å². The first-order valence-electron chi connectivity index (χ1n) is 7.49. The number of benzene rings is 1. The highest BCUT2D eigenvalue weighted by atomic mass is 35.5. The fourth-order valence-corrected chi connectivity index (χ4v) is 3.44. The number of nitrogens with one attached hydrogen (secondary N) is 1. The summed E-state index contributed by atoms with van der Waals surface area (Å²) in [5.74, 6) is 1.32. The van der Waals surface area contributed by atoms with Crippen LogP contribution < -0.4 is 20.3 Å². The van der Waals surface area contributed by atoms with Crippen molar-refractivity contribution >= 4 is 33.6 Å². The maximum atomic E-state index is 12.0. The maximum Gasteiger partial charge on any atom is 0.258 e. The van der Waals surface area contributed by atoms with Crippen LogP contribution in [0.4, 0.5) is 5.69 Å². The lowest BCUT2D eigenvalue weighted by molar-refractivity contribution is 0.297. The first-order valence-corrected chi connectivity index (χ1v) is 8.75. The molecule has 1 aromatic carbocycles. The number of hydrogen-bond acceptors (Lipinski definition) is 6. The van der Waals surface area contributed by atoms with E-state index in [0.29, 0.717) is 52.6 Å². The molecule has 0 radical (unpaired) electrons. The van der Waals surface area contributed by atoms with Gasteiger partial charge in [-0.15, -0.1) is 11.3 Å². The molecule has 0 atom stereocenters. The summed E-state index contributed by atoms with van der Waals surface area (Å²) in [5, 5.41) is 5.58. The monoisotopic (exact) mass is 363 g/mol. The number of ether oxygens (including phenoxy) is 2. The van der Waals surface area contributed by atoms with E-state index in [-0.39, 0.29) is 5.56 Å². The van der Waals surface area contributed by atoms with Crippen LogP contribution in [-0.2, 0) is 6.54 Å². The largest absolute Gasteiger partial charge is 0.490 e. The van der Waals surface area contributed by atoms with E-state index in [1.807, 2.05) is 11.4 Å². The van der Waals surface area contributed by atoms with Crippen molar-refractivity contribution in [2.75, 3.05) is 18.5 Å². The lowest BCUT2D eigenvalue weighted by Crippen LogP contribution is -2.14. The molecular formula is C16H14ClN3O3S. The fraction of sp³-hybridized carbons (Fsp3) is 0.250. The average molecular weight is 364 g/mol. The van der Waals surface area contributed by atoms with Crippen molar-refractivity contribution in [3.63, 3.8) is 0 Å². The molecule has 1 N–H and O–H groups in total. The smallest absolute Gasteiger partial charge is 0.258 e. The molecule has 3 heterocycles. The Morgan fingerprint density at radius 2 is 2.04 bits per heavy atom. The molecule has 1 aliphatic rings. The molecule has 0 unspecified atom stereocenters. The maximum absolute atomic E-state index is 12.0. The summed E-state index contributed by atoms with van der Waals surface area (Å²) < 4.78 is 12.8. The zero-order chi connectivity index (χ0) is 16.5. The van der Waals surface area contributed by atoms with Crippen molar-refractivity contribution in [1.29, 1.82) is 0 Å². The summed E-state index contributed by atoms with van der Waals surface area (Å²) in [6.45, 7) is 1.62. The molecule has 0 saturated carbocycles. The van der Waals surface area contributed by atoms with E-state index in [1.54, 1.807) is 12.3 Å². The van der Waals surface area contributed by atoms with E-state index in [9.17, 15) is 4.79 Å². The second-order valence-electron chi connectivity index (χ2n) is 5.32. The van der Waals surface area contributed by atoms with Crippen molar-refractivity contribution < 1.29 is 9.47 Å². The minimum Gasteiger partial charge on any atom is -0.490 e. The van der Waals surface area contributed by atoms with Crippen LogP contribution >= 0.6 is 22.9 Å². The second-order valence-corrected chi connectivity index (χ2v) is 6.60. The molecule has 0 fully saturated rings. The summed E-state index contributed by atoms with van der Waals surface area (Å²) in [4.78, 5) is 17.1. The van der Waals surface area contributed by atoms with Gasteiger partial charge in [0.25, 0.3) is 5.56 Å². The van der Waals surface area contributed by atoms with Crippen LogP contribution in [-0.4, -0.2) is 22.6 Å². The zero-order valence-corrected chi connectivity index (χ0v) is 14.2. The van der Waals surface area contributed by atoms with Crippen LogP contribution in [0.15, 0.2) is 34.6 Å². The Balaban J connectivity index is 1.58. The Labute approximate surface area is 146 Å². The summed E-state index contributed by atoms with van der Waals surface area (Å²) in [6.07, 6.45) is 2.55. The van der Waals surface area contributed by atoms with Crippen molar-refractivity contribution in [3.8, 4) is 11.5 Å². The minimum atomic E-state index is -0.0946. The Hall–Kier alpha value is -2.25. The van der Waals surface area contributed by atoms with E-state index in [1.165, 1.54) is 21.8 Å². The molecule has 3 aromatic rings. The molecular weight excluding hydrogens is 350 g/mol. The van der Waals surface area contributed by atoms with E-state index in [4.69, 9.17) is 21.1 Å². The molecule has 124 valence electrons. The highest BCUT2D eigenvalue weighted by Crippen LogP contribution is 2.37. The van der Waals surface area contributed by atoms with Gasteiger partial charge in [0.2, 0.25) is 0 Å². The normalized spacial score (nSPS) is 13.7. The number of rotatable bonds is 3. The van der Waals surface area contributed by atoms with Gasteiger partial charge in [-0.05, 0) is 0 Å². The fourth-order valence-electron chi connectivity index (χ4n) is 2.48. The third kappa shape index (κ3) is 2.92. The third-order valence-electron chi connectivity index (χ3n) is 3.65. The number of hydrogen-bond donors (Lipinski definition) is 1. The van der Waals surface area contributed by atoms with Gasteiger partial charge < -0.3 is 14.8 Å². The molecule has 0 bridgehead atoms. The molecule has 6 nitrogen and oxygen atoms in total. The first-order chi connectivity index (χ1) is 11.7. The van der Waals surface area contributed by atoms with Crippen LogP contribution in [0, 0.1) is 0 Å². The van der Waals surface area contributed by atoms with Crippen LogP contribution in [0.25, 0.3) is 4.96 Å². The Kier molecular flexibility index (Phi) is 4.03. The van der Waals surface area contributed by atoms with Gasteiger partial charge in [0, 0.05) is 36.2 Å². The summed E-state index contributed by atoms with van der Waals surface area (Å²) in [7, 11) is 0. The van der Waals surface area contributed by atoms with Gasteiger partial charge in [-0.2, -0.15) is 0 Å². The van der Waals surface area contributed by atoms with Gasteiger partial charge in [0.15, 0.2) is 16.5 Å². The molecule has 0 aliphatic carbocycles. The zero-order valence-electron chi connectivity index (χ0n) is 12.6. The number of anilines is 1. The summed E-state index contributed by atoms with van der Waals surface area (Å²) in [5.41, 5.74) is 1.28. The molecule has 24 heavy (non-hydrogen) atoms. The number of nitrogens with zero attached hydrogens (tertiary/aromatic N) is 2. The quantitative estimate of drug-likeness (QED) is 0.774. The first kappa shape index (κ1) is 15.3. The standard InChI is InChI=1S/C16H14ClN3O3S/c17-11-7-13-14(23-4-1-3-22-13)8-12(11)18-9-10-6-15(21)20-2-5-24-16(20)19-10/h2,5-8,18H,1,3-4,9H2. The lowest BCUT2D eigenvalue weighted by atomic mass is 10.2. The van der Waals surface area contributed by atoms with Crippen LogP contribution in [0.1, 0.15) is 12.1 Å². The Bertz CT molecular complexity index is 953. The van der Waals surface area contributed by atoms with Crippen LogP contribution in [0.2, 0.25) is 5.02 Å². The predicted molar refractivity (Wildman–Crippen MR) is 93.7 cm³/mol. The number of halogens is 1. The van der Waals surface area contributed by atoms with Gasteiger partial charge in [0.1, 0.15) is 0 Å². The van der Waals surface area contributed by atoms with E-state index in [2.05, 4.69) is 10.3 Å². The van der Waals surface area contributed by atoms with Crippen molar-refractivity contribution in [2.45, 2.75) is 13.0 Å². The van der Waals surface area contributed by atoms with Crippen LogP contribution in [0.5, 0.6) is 11.5 Å². The topological polar surface area (TPSA) is 64.9 Å². The molecule has 0 amide bonds. The molecule has 0 saturated heterocycles. The Morgan fingerprint density at radius 3 is 2.88 bits per heavy atom. The number of thiazole rings is 1. The third-order valence-corrected chi connectivity index (χ3v) is 4.72. The number of aromatic nitrogens is 2. The Morgan fingerprint density at radius 1 is 1.25 bits per heavy atom. The molecule has 4 rings (SSSR count). The highest BCUT2D eigenvalue weighted by Gasteiger charge is 2.14. The number of fused-ring (bicyclic) bond motifs is 2. The van der Waals surface area contributed by atoms with E-state index in [0.717, 1.165) is 6.42 Å². The minimum absolute atomic E-state index is 0.0946. The van der Waals surface area contributed by atoms with E-state index >= 15 is 0 Å². The molecule has 8 heteroatoms. The predicted octanol–water partition coefficient (Wildman–Crippen LogP) is 3.18. The van der Waals surface area contributed by atoms with Gasteiger partial charge in [-0.25, -0.2) is 4.98 Å². The second kappa shape index (κ2) is 6.33. The summed E-state index contributed by atoms with van der Waals surface area (Å²) in [6, 6.07) is 5.08. The molecule has 1 aliphatic heterocycles. The van der Waals surface area contributed by atoms with Gasteiger partial charge in [-0.3, -0.25) is 9.20 Å². The molecule has 0 spiro atoms. The summed E-state index contributed by atoms with van der Waals surface area (Å²) >= 11 is 7.73. The lowest BCUT2D eigenvalue weighted by Gasteiger charge is -2.13. The highest BCUT2D eigenvalue weighted by molar-refractivity contribution is 7.15. The van der Waals surface area contributed by atoms with Crippen molar-refractivity contribution in [1.82, 2.24) is 9.38 Å². The molecule has 2 aromatic heterocycles. The van der Waals surface area contributed by atoms with Crippen molar-refractivity contribution in [2.24, 2.45) is 0 Å². The SMILES string of the molecule is O=c1cc(CNc2cc3c(cc2Cl)OCCCO3)nc2sccn12. The van der Waals surface area contributed by atoms with Crippen molar-refractivity contribution in [3.05, 3.63) is 50.8 Å². The van der Waals surface area contributed by atoms with Gasteiger partial charge in [0.05, 0.1) is 36.2 Å². The average Bonchev–Trinajstić information content (AvgIpc) is 2.93.